The number of ether oxygens (including phenoxy) is 1. The van der Waals surface area contributed by atoms with Gasteiger partial charge in [0.1, 0.15) is 5.82 Å². The number of nitrogens with one attached hydrogen (secondary N) is 2. The molecule has 2 N–H and O–H groups in total. The normalized spacial score (nSPS) is 17.5. The minimum Gasteiger partial charge on any atom is -0.490 e. The summed E-state index contributed by atoms with van der Waals surface area (Å²) < 4.78 is 20.0. The number of anilines is 1. The molecule has 1 saturated heterocycles. The second kappa shape index (κ2) is 9.98. The van der Waals surface area contributed by atoms with Gasteiger partial charge in [0, 0.05) is 32.9 Å². The molecule has 2 fully saturated rings. The largest absolute Gasteiger partial charge is 0.490 e. The van der Waals surface area contributed by atoms with Crippen LogP contribution in [-0.2, 0) is 6.54 Å². The Hall–Kier alpha value is -2.83. The van der Waals surface area contributed by atoms with Crippen molar-refractivity contribution in [2.24, 2.45) is 10.9 Å². The molecule has 0 radical (unpaired) electrons. The van der Waals surface area contributed by atoms with Crippen molar-refractivity contribution in [1.82, 2.24) is 15.6 Å². The van der Waals surface area contributed by atoms with Gasteiger partial charge in [-0.25, -0.2) is 9.37 Å². The molecule has 1 saturated carbocycles. The number of pyridine rings is 1. The molecule has 31 heavy (non-hydrogen) atoms. The van der Waals surface area contributed by atoms with Gasteiger partial charge in [-0.1, -0.05) is 6.07 Å². The summed E-state index contributed by atoms with van der Waals surface area (Å²) in [6, 6.07) is 9.21. The molecule has 1 atom stereocenters. The molecule has 4 rings (SSSR count). The highest BCUT2D eigenvalue weighted by Gasteiger charge is 2.22. The van der Waals surface area contributed by atoms with Crippen molar-refractivity contribution >= 4 is 11.8 Å². The molecular formula is C24H32FN5O. The third-order valence-corrected chi connectivity index (χ3v) is 5.90. The Bertz CT molecular complexity index is 909. The van der Waals surface area contributed by atoms with Gasteiger partial charge in [0.05, 0.1) is 12.6 Å². The highest BCUT2D eigenvalue weighted by molar-refractivity contribution is 5.80. The topological polar surface area (TPSA) is 61.8 Å². The van der Waals surface area contributed by atoms with E-state index in [9.17, 15) is 4.39 Å². The van der Waals surface area contributed by atoms with Gasteiger partial charge in [0.15, 0.2) is 17.5 Å². The Morgan fingerprint density at radius 1 is 1.26 bits per heavy atom. The molecule has 1 aromatic heterocycles. The van der Waals surface area contributed by atoms with Crippen LogP contribution in [0.1, 0.15) is 49.8 Å². The lowest BCUT2D eigenvalue weighted by Gasteiger charge is -2.20. The van der Waals surface area contributed by atoms with Crippen molar-refractivity contribution in [3.8, 4) is 5.75 Å². The molecule has 166 valence electrons. The number of aliphatic imine (C=N–C) groups is 1. The molecule has 1 aliphatic carbocycles. The third kappa shape index (κ3) is 5.87. The fourth-order valence-corrected chi connectivity index (χ4v) is 3.75. The van der Waals surface area contributed by atoms with E-state index in [1.54, 1.807) is 19.2 Å². The van der Waals surface area contributed by atoms with Crippen LogP contribution >= 0.6 is 0 Å². The zero-order chi connectivity index (χ0) is 21.6. The van der Waals surface area contributed by atoms with E-state index in [0.717, 1.165) is 30.0 Å². The van der Waals surface area contributed by atoms with Crippen molar-refractivity contribution in [3.63, 3.8) is 0 Å². The van der Waals surface area contributed by atoms with Gasteiger partial charge >= 0.3 is 0 Å². The molecule has 1 unspecified atom stereocenters. The lowest BCUT2D eigenvalue weighted by atomic mass is 10.1. The number of benzene rings is 1. The summed E-state index contributed by atoms with van der Waals surface area (Å²) in [4.78, 5) is 11.1. The molecule has 0 bridgehead atoms. The number of hydrogen-bond acceptors (Lipinski definition) is 4. The smallest absolute Gasteiger partial charge is 0.191 e. The fourth-order valence-electron chi connectivity index (χ4n) is 3.75. The third-order valence-electron chi connectivity index (χ3n) is 5.90. The highest BCUT2D eigenvalue weighted by atomic mass is 19.1. The standard InChI is InChI=1S/C24H32FN5O/c1-17(20-7-8-22(21(25)14-20)31-16-18-5-6-18)29-24(26-2)28-15-19-9-10-27-23(13-19)30-11-3-4-12-30/h7-10,13-14,17-18H,3-6,11-12,15-16H2,1-2H3,(H2,26,28,29). The van der Waals surface area contributed by atoms with Crippen LogP contribution in [0.3, 0.4) is 0 Å². The zero-order valence-corrected chi connectivity index (χ0v) is 18.4. The van der Waals surface area contributed by atoms with Gasteiger partial charge in [-0.3, -0.25) is 4.99 Å². The molecule has 0 amide bonds. The molecule has 2 aromatic rings. The first kappa shape index (κ1) is 21.4. The van der Waals surface area contributed by atoms with Gasteiger partial charge < -0.3 is 20.3 Å². The van der Waals surface area contributed by atoms with Crippen molar-refractivity contribution in [2.75, 3.05) is 31.6 Å². The van der Waals surface area contributed by atoms with E-state index >= 15 is 0 Å². The Morgan fingerprint density at radius 2 is 2.06 bits per heavy atom. The first-order valence-corrected chi connectivity index (χ1v) is 11.2. The fraction of sp³-hybridized carbons (Fsp3) is 0.500. The average Bonchev–Trinajstić information content (AvgIpc) is 3.45. The molecule has 2 heterocycles. The van der Waals surface area contributed by atoms with Crippen LogP contribution in [0, 0.1) is 11.7 Å². The SMILES string of the molecule is CN=C(NCc1ccnc(N2CCCC2)c1)NC(C)c1ccc(OCC2CC2)c(F)c1. The summed E-state index contributed by atoms with van der Waals surface area (Å²) in [7, 11) is 1.74. The monoisotopic (exact) mass is 425 g/mol. The number of halogens is 1. The van der Waals surface area contributed by atoms with E-state index in [4.69, 9.17) is 4.74 Å². The maximum Gasteiger partial charge on any atom is 0.191 e. The van der Waals surface area contributed by atoms with Gasteiger partial charge in [0.25, 0.3) is 0 Å². The van der Waals surface area contributed by atoms with Gasteiger partial charge in [-0.2, -0.15) is 0 Å². The maximum absolute atomic E-state index is 14.4. The highest BCUT2D eigenvalue weighted by Crippen LogP contribution is 2.30. The Labute approximate surface area is 183 Å². The first-order chi connectivity index (χ1) is 15.1. The van der Waals surface area contributed by atoms with Gasteiger partial charge in [0.2, 0.25) is 0 Å². The van der Waals surface area contributed by atoms with Crippen molar-refractivity contribution in [3.05, 3.63) is 53.5 Å². The van der Waals surface area contributed by atoms with Gasteiger partial charge in [-0.15, -0.1) is 0 Å². The van der Waals surface area contributed by atoms with Crippen molar-refractivity contribution < 1.29 is 9.13 Å². The van der Waals surface area contributed by atoms with Crippen LogP contribution in [0.4, 0.5) is 10.2 Å². The molecule has 2 aliphatic rings. The molecule has 6 nitrogen and oxygen atoms in total. The number of aromatic nitrogens is 1. The summed E-state index contributed by atoms with van der Waals surface area (Å²) >= 11 is 0. The van der Waals surface area contributed by atoms with E-state index < -0.39 is 0 Å². The summed E-state index contributed by atoms with van der Waals surface area (Å²) in [6.07, 6.45) is 6.69. The molecular weight excluding hydrogens is 393 g/mol. The van der Waals surface area contributed by atoms with E-state index in [-0.39, 0.29) is 11.9 Å². The molecule has 1 aliphatic heterocycles. The van der Waals surface area contributed by atoms with Crippen LogP contribution in [0.25, 0.3) is 0 Å². The Morgan fingerprint density at radius 3 is 2.77 bits per heavy atom. The second-order valence-electron chi connectivity index (χ2n) is 8.45. The predicted molar refractivity (Wildman–Crippen MR) is 122 cm³/mol. The molecule has 0 spiro atoms. The van der Waals surface area contributed by atoms with E-state index in [2.05, 4.69) is 31.6 Å². The quantitative estimate of drug-likeness (QED) is 0.494. The van der Waals surface area contributed by atoms with Crippen LogP contribution in [0.15, 0.2) is 41.5 Å². The van der Waals surface area contributed by atoms with E-state index in [1.165, 1.54) is 25.7 Å². The number of nitrogens with zero attached hydrogens (tertiary/aromatic N) is 3. The predicted octanol–water partition coefficient (Wildman–Crippen LogP) is 4.04. The number of rotatable bonds is 8. The molecule has 7 heteroatoms. The first-order valence-electron chi connectivity index (χ1n) is 11.2. The van der Waals surface area contributed by atoms with Crippen LogP contribution in [0.2, 0.25) is 0 Å². The second-order valence-corrected chi connectivity index (χ2v) is 8.45. The summed E-state index contributed by atoms with van der Waals surface area (Å²) in [6.45, 7) is 5.38. The van der Waals surface area contributed by atoms with Crippen molar-refractivity contribution in [2.45, 2.75) is 45.2 Å². The number of hydrogen-bond donors (Lipinski definition) is 2. The average molecular weight is 426 g/mol. The minimum absolute atomic E-state index is 0.101. The lowest BCUT2D eigenvalue weighted by Crippen LogP contribution is -2.38. The summed E-state index contributed by atoms with van der Waals surface area (Å²) in [5.41, 5.74) is 2.00. The zero-order valence-electron chi connectivity index (χ0n) is 18.4. The Balaban J connectivity index is 1.31. The molecule has 1 aromatic carbocycles. The summed E-state index contributed by atoms with van der Waals surface area (Å²) in [5.74, 6) is 2.31. The Kier molecular flexibility index (Phi) is 6.89. The van der Waals surface area contributed by atoms with Crippen LogP contribution in [0.5, 0.6) is 5.75 Å². The minimum atomic E-state index is -0.319. The summed E-state index contributed by atoms with van der Waals surface area (Å²) in [5, 5.41) is 6.68. The van der Waals surface area contributed by atoms with Crippen LogP contribution in [-0.4, -0.2) is 37.7 Å². The van der Waals surface area contributed by atoms with Crippen molar-refractivity contribution in [1.29, 1.82) is 0 Å². The lowest BCUT2D eigenvalue weighted by molar-refractivity contribution is 0.285. The van der Waals surface area contributed by atoms with Gasteiger partial charge in [-0.05, 0) is 73.9 Å². The van der Waals surface area contributed by atoms with E-state index in [0.29, 0.717) is 30.8 Å². The number of guanidine groups is 1. The maximum atomic E-state index is 14.4. The van der Waals surface area contributed by atoms with Crippen LogP contribution < -0.4 is 20.3 Å². The van der Waals surface area contributed by atoms with E-state index in [1.807, 2.05) is 25.3 Å².